The van der Waals surface area contributed by atoms with Gasteiger partial charge in [0.05, 0.1) is 10.5 Å². The summed E-state index contributed by atoms with van der Waals surface area (Å²) >= 11 is 1.15. The van der Waals surface area contributed by atoms with Crippen molar-refractivity contribution in [2.24, 2.45) is 0 Å². The van der Waals surface area contributed by atoms with Crippen LogP contribution in [0.4, 0.5) is 18.9 Å². The number of nitro benzene ring substituents is 1. The second-order valence-corrected chi connectivity index (χ2v) is 10.2. The van der Waals surface area contributed by atoms with E-state index in [0.29, 0.717) is 5.56 Å². The van der Waals surface area contributed by atoms with Crippen LogP contribution in [0.5, 0.6) is 5.75 Å². The van der Waals surface area contributed by atoms with Gasteiger partial charge in [-0.1, -0.05) is 0 Å². The lowest BCUT2D eigenvalue weighted by Gasteiger charge is -2.56. The zero-order chi connectivity index (χ0) is 28.5. The van der Waals surface area contributed by atoms with Gasteiger partial charge in [0.15, 0.2) is 12.6 Å². The number of aliphatic hydroxyl groups is 1. The van der Waals surface area contributed by atoms with E-state index in [1.807, 2.05) is 0 Å². The summed E-state index contributed by atoms with van der Waals surface area (Å²) in [7, 11) is 0. The maximum absolute atomic E-state index is 12.9. The highest BCUT2D eigenvalue weighted by Gasteiger charge is 2.61. The van der Waals surface area contributed by atoms with E-state index in [1.165, 1.54) is 31.2 Å². The number of fused-ring (bicyclic) bond motifs is 1. The molecule has 0 radical (unpaired) electrons. The largest absolute Gasteiger partial charge is 0.484 e. The molecule has 2 N–H and O–H groups in total. The number of nitrogens with one attached hydrogen (secondary N) is 1. The fourth-order valence-corrected chi connectivity index (χ4v) is 5.55. The van der Waals surface area contributed by atoms with Gasteiger partial charge in [-0.25, -0.2) is 4.79 Å². The Morgan fingerprint density at radius 1 is 1.21 bits per heavy atom. The normalized spacial score (nSPS) is 24.3. The number of carbonyl (C=O) groups excluding carboxylic acids is 3. The van der Waals surface area contributed by atoms with E-state index in [-0.39, 0.29) is 23.8 Å². The molecule has 2 aromatic rings. The number of benzene rings is 2. The molecule has 39 heavy (non-hydrogen) atoms. The zero-order valence-corrected chi connectivity index (χ0v) is 21.0. The number of halogens is 3. The van der Waals surface area contributed by atoms with Crippen LogP contribution in [-0.2, 0) is 31.9 Å². The van der Waals surface area contributed by atoms with Gasteiger partial charge >= 0.3 is 12.1 Å². The maximum Gasteiger partial charge on any atom is 0.416 e. The quantitative estimate of drug-likeness (QED) is 0.211. The number of amides is 2. The molecule has 3 unspecified atom stereocenters. The monoisotopic (exact) mass is 569 g/mol. The molecule has 2 aromatic carbocycles. The third kappa shape index (κ3) is 6.09. The number of β-lactam (4-membered cyclic amide) rings is 1. The zero-order valence-electron chi connectivity index (χ0n) is 20.2. The summed E-state index contributed by atoms with van der Waals surface area (Å²) in [6, 6.07) is 6.71. The second kappa shape index (κ2) is 10.7. The van der Waals surface area contributed by atoms with Gasteiger partial charge in [-0.05, 0) is 48.9 Å². The number of alkyl halides is 3. The van der Waals surface area contributed by atoms with Gasteiger partial charge in [-0.2, -0.15) is 13.2 Å². The summed E-state index contributed by atoms with van der Waals surface area (Å²) in [6.07, 6.45) is -4.51. The fraction of sp³-hybridized carbons (Fsp3) is 0.375. The minimum Gasteiger partial charge on any atom is -0.484 e. The fourth-order valence-electron chi connectivity index (χ4n) is 4.12. The van der Waals surface area contributed by atoms with Crippen molar-refractivity contribution < 1.29 is 47.1 Å². The van der Waals surface area contributed by atoms with Gasteiger partial charge in [0, 0.05) is 17.9 Å². The third-order valence-corrected chi connectivity index (χ3v) is 7.70. The average Bonchev–Trinajstić information content (AvgIpc) is 2.88. The number of hydrogen-bond acceptors (Lipinski definition) is 9. The van der Waals surface area contributed by atoms with Gasteiger partial charge in [-0.15, -0.1) is 11.8 Å². The second-order valence-electron chi connectivity index (χ2n) is 9.09. The van der Waals surface area contributed by atoms with E-state index in [1.54, 1.807) is 0 Å². The molecule has 0 bridgehead atoms. The number of carbonyl (C=O) groups is 3. The molecule has 0 aromatic heterocycles. The van der Waals surface area contributed by atoms with Gasteiger partial charge in [0.1, 0.15) is 29.4 Å². The molecule has 11 nitrogen and oxygen atoms in total. The Morgan fingerprint density at radius 2 is 1.85 bits per heavy atom. The smallest absolute Gasteiger partial charge is 0.416 e. The third-order valence-electron chi connectivity index (χ3n) is 6.11. The van der Waals surface area contributed by atoms with Crippen molar-refractivity contribution in [2.75, 3.05) is 12.4 Å². The molecule has 0 spiro atoms. The molecule has 0 aliphatic carbocycles. The van der Waals surface area contributed by atoms with Crippen LogP contribution in [0.1, 0.15) is 18.1 Å². The molecule has 0 saturated carbocycles. The first-order valence-corrected chi connectivity index (χ1v) is 12.5. The van der Waals surface area contributed by atoms with Crippen molar-refractivity contribution in [2.45, 2.75) is 42.8 Å². The van der Waals surface area contributed by atoms with E-state index in [0.717, 1.165) is 40.9 Å². The molecular formula is C24H22F3N3O8S. The Bertz CT molecular complexity index is 1270. The number of esters is 1. The van der Waals surface area contributed by atoms with Crippen LogP contribution in [0.2, 0.25) is 0 Å². The lowest BCUT2D eigenvalue weighted by Crippen LogP contribution is -2.79. The maximum atomic E-state index is 12.9. The molecule has 2 saturated heterocycles. The van der Waals surface area contributed by atoms with E-state index < -0.39 is 64.1 Å². The van der Waals surface area contributed by atoms with Crippen molar-refractivity contribution in [1.29, 1.82) is 0 Å². The van der Waals surface area contributed by atoms with Crippen LogP contribution >= 0.6 is 11.8 Å². The number of non-ortho nitro benzene ring substituents is 1. The Morgan fingerprint density at radius 3 is 2.44 bits per heavy atom. The van der Waals surface area contributed by atoms with Gasteiger partial charge in [0.25, 0.3) is 11.6 Å². The first-order valence-electron chi connectivity index (χ1n) is 11.4. The average molecular weight is 570 g/mol. The number of hydrogen-bond donors (Lipinski definition) is 2. The first kappa shape index (κ1) is 28.2. The lowest BCUT2D eigenvalue weighted by molar-refractivity contribution is -0.384. The summed E-state index contributed by atoms with van der Waals surface area (Å²) in [6.45, 7) is 0.570. The van der Waals surface area contributed by atoms with Crippen LogP contribution in [0.25, 0.3) is 0 Å². The van der Waals surface area contributed by atoms with Gasteiger partial charge < -0.3 is 24.8 Å². The molecular weight excluding hydrogens is 547 g/mol. The Labute approximate surface area is 223 Å². The SMILES string of the molecule is CC1(O)CS[C@@H]2C(NC(=O)COc3ccc(C(F)(F)F)cc3)C(=O)N2C1C(=O)OCc1ccc([N+](=O)[O-])cc1. The molecule has 4 atom stereocenters. The van der Waals surface area contributed by atoms with Crippen molar-refractivity contribution in [3.05, 3.63) is 69.8 Å². The van der Waals surface area contributed by atoms with E-state index in [2.05, 4.69) is 5.32 Å². The highest BCUT2D eigenvalue weighted by atomic mass is 32.2. The number of nitrogens with zero attached hydrogens (tertiary/aromatic N) is 2. The minimum absolute atomic E-state index is 0.0265. The molecule has 2 heterocycles. The predicted molar refractivity (Wildman–Crippen MR) is 129 cm³/mol. The summed E-state index contributed by atoms with van der Waals surface area (Å²) < 4.78 is 48.5. The number of ether oxygens (including phenoxy) is 2. The molecule has 15 heteroatoms. The summed E-state index contributed by atoms with van der Waals surface area (Å²) in [5.74, 6) is -2.14. The van der Waals surface area contributed by atoms with E-state index in [9.17, 15) is 42.8 Å². The van der Waals surface area contributed by atoms with Crippen LogP contribution in [0.15, 0.2) is 48.5 Å². The Balaban J connectivity index is 1.33. The van der Waals surface area contributed by atoms with E-state index >= 15 is 0 Å². The number of nitro groups is 1. The minimum atomic E-state index is -4.51. The summed E-state index contributed by atoms with van der Waals surface area (Å²) in [4.78, 5) is 49.5. The van der Waals surface area contributed by atoms with Crippen LogP contribution in [0, 0.1) is 10.1 Å². The molecule has 2 aliphatic rings. The number of thioether (sulfide) groups is 1. The number of rotatable bonds is 8. The summed E-state index contributed by atoms with van der Waals surface area (Å²) in [5, 5.41) is 23.4. The standard InChI is InChI=1S/C24H22F3N3O8S/c1-23(34)12-39-21-18(28-17(31)11-37-16-8-4-14(5-9-16)24(25,26)27)20(32)29(21)19(23)22(33)38-10-13-2-6-15(7-3-13)30(35)36/h2-9,18-19,21,34H,10-12H2,1H3,(H,28,31)/t18?,19?,21-,23?/m1/s1. The lowest BCUT2D eigenvalue weighted by atomic mass is 9.91. The van der Waals surface area contributed by atoms with E-state index in [4.69, 9.17) is 9.47 Å². The Hall–Kier alpha value is -3.85. The van der Waals surface area contributed by atoms with Crippen LogP contribution in [-0.4, -0.2) is 68.1 Å². The molecule has 2 amide bonds. The highest BCUT2D eigenvalue weighted by Crippen LogP contribution is 2.42. The molecule has 2 fully saturated rings. The highest BCUT2D eigenvalue weighted by molar-refractivity contribution is 8.00. The van der Waals surface area contributed by atoms with Crippen LogP contribution in [0.3, 0.4) is 0 Å². The van der Waals surface area contributed by atoms with Gasteiger partial charge in [-0.3, -0.25) is 19.7 Å². The first-order chi connectivity index (χ1) is 18.3. The van der Waals surface area contributed by atoms with Crippen LogP contribution < -0.4 is 10.1 Å². The van der Waals surface area contributed by atoms with Crippen molar-refractivity contribution in [3.63, 3.8) is 0 Å². The molecule has 2 aliphatic heterocycles. The Kier molecular flexibility index (Phi) is 7.75. The summed E-state index contributed by atoms with van der Waals surface area (Å²) in [5.41, 5.74) is -2.18. The molecule has 208 valence electrons. The van der Waals surface area contributed by atoms with Gasteiger partial charge in [0.2, 0.25) is 5.91 Å². The topological polar surface area (TPSA) is 148 Å². The van der Waals surface area contributed by atoms with Crippen molar-refractivity contribution in [1.82, 2.24) is 10.2 Å². The van der Waals surface area contributed by atoms with Crippen molar-refractivity contribution >= 4 is 35.2 Å². The van der Waals surface area contributed by atoms with Crippen molar-refractivity contribution in [3.8, 4) is 5.75 Å². The molecule has 4 rings (SSSR count). The predicted octanol–water partition coefficient (Wildman–Crippen LogP) is 2.26.